The molecule has 1 heterocycles. The standard InChI is InChI=1S/C14H26ClN5/c1-10-11(13(15)20(4)18-10)9-12(17-16)14(19(2)3)7-5-6-8-14/h12,17H,5-9,16H2,1-4H3. The van der Waals surface area contributed by atoms with Crippen LogP contribution >= 0.6 is 11.6 Å². The second-order valence-corrected chi connectivity index (χ2v) is 6.46. The van der Waals surface area contributed by atoms with Crippen LogP contribution < -0.4 is 11.3 Å². The van der Waals surface area contributed by atoms with Gasteiger partial charge in [-0.1, -0.05) is 24.4 Å². The number of likely N-dealkylation sites (N-methyl/N-ethyl adjacent to an activating group) is 1. The van der Waals surface area contributed by atoms with Gasteiger partial charge in [0.25, 0.3) is 0 Å². The van der Waals surface area contributed by atoms with Gasteiger partial charge in [-0.2, -0.15) is 5.10 Å². The van der Waals surface area contributed by atoms with E-state index in [9.17, 15) is 0 Å². The molecule has 1 aliphatic rings. The highest BCUT2D eigenvalue weighted by atomic mass is 35.5. The van der Waals surface area contributed by atoms with Crippen molar-refractivity contribution < 1.29 is 0 Å². The Balaban J connectivity index is 2.28. The number of hydrogen-bond acceptors (Lipinski definition) is 4. The summed E-state index contributed by atoms with van der Waals surface area (Å²) >= 11 is 6.37. The Bertz CT molecular complexity index is 462. The van der Waals surface area contributed by atoms with Crippen LogP contribution in [0.5, 0.6) is 0 Å². The summed E-state index contributed by atoms with van der Waals surface area (Å²) in [5.41, 5.74) is 5.24. The average Bonchev–Trinajstić information content (AvgIpc) is 2.97. The van der Waals surface area contributed by atoms with Gasteiger partial charge >= 0.3 is 0 Å². The molecule has 0 spiro atoms. The van der Waals surface area contributed by atoms with Crippen molar-refractivity contribution in [3.8, 4) is 0 Å². The topological polar surface area (TPSA) is 59.1 Å². The van der Waals surface area contributed by atoms with Crippen LogP contribution in [0.1, 0.15) is 36.9 Å². The lowest BCUT2D eigenvalue weighted by Crippen LogP contribution is -2.60. The molecule has 0 saturated heterocycles. The molecule has 3 N–H and O–H groups in total. The second kappa shape index (κ2) is 6.02. The smallest absolute Gasteiger partial charge is 0.130 e. The van der Waals surface area contributed by atoms with E-state index in [2.05, 4.69) is 29.5 Å². The predicted octanol–water partition coefficient (Wildman–Crippen LogP) is 1.63. The SMILES string of the molecule is Cc1nn(C)c(Cl)c1CC(NN)C1(N(C)C)CCCC1. The normalized spacial score (nSPS) is 19.8. The van der Waals surface area contributed by atoms with Gasteiger partial charge < -0.3 is 4.90 Å². The second-order valence-electron chi connectivity index (χ2n) is 6.11. The molecule has 1 aromatic heterocycles. The monoisotopic (exact) mass is 299 g/mol. The molecule has 0 aromatic carbocycles. The summed E-state index contributed by atoms with van der Waals surface area (Å²) in [6.45, 7) is 2.01. The number of nitrogens with two attached hydrogens (primary N) is 1. The highest BCUT2D eigenvalue weighted by molar-refractivity contribution is 6.30. The largest absolute Gasteiger partial charge is 0.302 e. The molecule has 1 atom stereocenters. The molecule has 2 rings (SSSR count). The third-order valence-electron chi connectivity index (χ3n) is 4.89. The third kappa shape index (κ3) is 2.60. The maximum Gasteiger partial charge on any atom is 0.130 e. The van der Waals surface area contributed by atoms with Crippen LogP contribution in [-0.4, -0.2) is 40.4 Å². The van der Waals surface area contributed by atoms with Crippen LogP contribution in [0.3, 0.4) is 0 Å². The number of halogens is 1. The molecule has 0 amide bonds. The molecule has 1 saturated carbocycles. The summed E-state index contributed by atoms with van der Waals surface area (Å²) in [6.07, 6.45) is 5.68. The van der Waals surface area contributed by atoms with E-state index in [0.717, 1.165) is 22.8 Å². The molecule has 0 aliphatic heterocycles. The molecule has 1 unspecified atom stereocenters. The average molecular weight is 300 g/mol. The van der Waals surface area contributed by atoms with Crippen molar-refractivity contribution >= 4 is 11.6 Å². The minimum absolute atomic E-state index is 0.111. The van der Waals surface area contributed by atoms with E-state index in [-0.39, 0.29) is 11.6 Å². The molecule has 1 fully saturated rings. The third-order valence-corrected chi connectivity index (χ3v) is 5.36. The zero-order chi connectivity index (χ0) is 14.9. The first-order valence-electron chi connectivity index (χ1n) is 7.24. The van der Waals surface area contributed by atoms with Gasteiger partial charge in [0.05, 0.1) is 5.69 Å². The van der Waals surface area contributed by atoms with E-state index in [1.165, 1.54) is 25.7 Å². The van der Waals surface area contributed by atoms with Gasteiger partial charge in [-0.15, -0.1) is 0 Å². The number of hydrogen-bond donors (Lipinski definition) is 2. The lowest BCUT2D eigenvalue weighted by atomic mass is 9.83. The number of nitrogens with zero attached hydrogens (tertiary/aromatic N) is 3. The van der Waals surface area contributed by atoms with Gasteiger partial charge in [0.15, 0.2) is 0 Å². The predicted molar refractivity (Wildman–Crippen MR) is 82.7 cm³/mol. The summed E-state index contributed by atoms with van der Waals surface area (Å²) < 4.78 is 1.73. The fourth-order valence-electron chi connectivity index (χ4n) is 3.61. The summed E-state index contributed by atoms with van der Waals surface area (Å²) in [5, 5.41) is 5.11. The molecule has 1 aliphatic carbocycles. The van der Waals surface area contributed by atoms with E-state index in [1.807, 2.05) is 14.0 Å². The highest BCUT2D eigenvalue weighted by Gasteiger charge is 2.43. The van der Waals surface area contributed by atoms with Crippen molar-refractivity contribution in [2.24, 2.45) is 12.9 Å². The Morgan fingerprint density at radius 3 is 2.45 bits per heavy atom. The van der Waals surface area contributed by atoms with E-state index >= 15 is 0 Å². The minimum Gasteiger partial charge on any atom is -0.302 e. The number of nitrogens with one attached hydrogen (secondary N) is 1. The van der Waals surface area contributed by atoms with Gasteiger partial charge in [0.2, 0.25) is 0 Å². The van der Waals surface area contributed by atoms with Crippen LogP contribution in [0.15, 0.2) is 0 Å². The zero-order valence-electron chi connectivity index (χ0n) is 12.9. The molecule has 6 heteroatoms. The number of rotatable bonds is 5. The Hall–Kier alpha value is -0.620. The maximum atomic E-state index is 6.37. The Kier molecular flexibility index (Phi) is 4.74. The van der Waals surface area contributed by atoms with Gasteiger partial charge in [-0.25, -0.2) is 0 Å². The lowest BCUT2D eigenvalue weighted by Gasteiger charge is -2.43. The first kappa shape index (κ1) is 15.8. The Labute approximate surface area is 126 Å². The van der Waals surface area contributed by atoms with E-state index < -0.39 is 0 Å². The Morgan fingerprint density at radius 2 is 2.05 bits per heavy atom. The van der Waals surface area contributed by atoms with Gasteiger partial charge in [-0.05, 0) is 40.3 Å². The first-order chi connectivity index (χ1) is 9.42. The number of aryl methyl sites for hydroxylation is 2. The summed E-state index contributed by atoms with van der Waals surface area (Å²) in [7, 11) is 6.17. The van der Waals surface area contributed by atoms with Crippen molar-refractivity contribution in [3.63, 3.8) is 0 Å². The van der Waals surface area contributed by atoms with Gasteiger partial charge in [0.1, 0.15) is 5.15 Å². The van der Waals surface area contributed by atoms with E-state index in [1.54, 1.807) is 4.68 Å². The van der Waals surface area contributed by atoms with Crippen molar-refractivity contribution in [3.05, 3.63) is 16.4 Å². The molecule has 114 valence electrons. The van der Waals surface area contributed by atoms with Crippen molar-refractivity contribution in [2.75, 3.05) is 14.1 Å². The van der Waals surface area contributed by atoms with E-state index in [4.69, 9.17) is 17.4 Å². The molecule has 20 heavy (non-hydrogen) atoms. The molecular weight excluding hydrogens is 274 g/mol. The summed E-state index contributed by atoms with van der Waals surface area (Å²) in [4.78, 5) is 2.32. The molecule has 0 bridgehead atoms. The van der Waals surface area contributed by atoms with Gasteiger partial charge in [-0.3, -0.25) is 16.0 Å². The number of aromatic nitrogens is 2. The summed E-state index contributed by atoms with van der Waals surface area (Å²) in [6, 6.07) is 0.181. The van der Waals surface area contributed by atoms with Crippen LogP contribution in [0.2, 0.25) is 5.15 Å². The zero-order valence-corrected chi connectivity index (χ0v) is 13.7. The van der Waals surface area contributed by atoms with Crippen molar-refractivity contribution in [1.82, 2.24) is 20.1 Å². The lowest BCUT2D eigenvalue weighted by molar-refractivity contribution is 0.104. The van der Waals surface area contributed by atoms with Crippen LogP contribution in [0, 0.1) is 6.92 Å². The van der Waals surface area contributed by atoms with Crippen LogP contribution in [0.25, 0.3) is 0 Å². The fourth-order valence-corrected chi connectivity index (χ4v) is 3.86. The van der Waals surface area contributed by atoms with E-state index in [0.29, 0.717) is 0 Å². The molecular formula is C14H26ClN5. The molecule has 5 nitrogen and oxygen atoms in total. The van der Waals surface area contributed by atoms with Gasteiger partial charge in [0, 0.05) is 24.2 Å². The quantitative estimate of drug-likeness (QED) is 0.641. The van der Waals surface area contributed by atoms with Crippen molar-refractivity contribution in [1.29, 1.82) is 0 Å². The minimum atomic E-state index is 0.111. The highest BCUT2D eigenvalue weighted by Crippen LogP contribution is 2.38. The molecule has 1 aromatic rings. The number of hydrazine groups is 1. The fraction of sp³-hybridized carbons (Fsp3) is 0.786. The van der Waals surface area contributed by atoms with Crippen LogP contribution in [0.4, 0.5) is 0 Å². The summed E-state index contributed by atoms with van der Waals surface area (Å²) in [5.74, 6) is 5.88. The van der Waals surface area contributed by atoms with Crippen LogP contribution in [-0.2, 0) is 13.5 Å². The maximum absolute atomic E-state index is 6.37. The first-order valence-corrected chi connectivity index (χ1v) is 7.61. The molecule has 0 radical (unpaired) electrons. The Morgan fingerprint density at radius 1 is 1.45 bits per heavy atom. The van der Waals surface area contributed by atoms with Crippen molar-refractivity contribution in [2.45, 2.75) is 50.6 Å².